The number of benzene rings is 1. The highest BCUT2D eigenvalue weighted by Gasteiger charge is 2.14. The summed E-state index contributed by atoms with van der Waals surface area (Å²) in [6.45, 7) is 1.38. The van der Waals surface area contributed by atoms with Gasteiger partial charge in [0.05, 0.1) is 11.9 Å². The Morgan fingerprint density at radius 2 is 2.25 bits per heavy atom. The maximum atomic E-state index is 13.6. The zero-order chi connectivity index (χ0) is 14.4. The predicted molar refractivity (Wildman–Crippen MR) is 77.9 cm³/mol. The molecule has 0 saturated heterocycles. The van der Waals surface area contributed by atoms with Gasteiger partial charge in [-0.3, -0.25) is 4.79 Å². The Hall–Kier alpha value is -1.69. The van der Waals surface area contributed by atoms with Crippen molar-refractivity contribution < 1.29 is 9.18 Å². The molecular weight excluding hydrogens is 325 g/mol. The van der Waals surface area contributed by atoms with Gasteiger partial charge in [0.2, 0.25) is 0 Å². The SMILES string of the molecule is O=C(NCCCCn1ccnc1)c1c(F)cccc1Br. The Kier molecular flexibility index (Phi) is 5.29. The van der Waals surface area contributed by atoms with Gasteiger partial charge in [0.25, 0.3) is 5.91 Å². The first kappa shape index (κ1) is 14.7. The molecule has 1 aromatic heterocycles. The van der Waals surface area contributed by atoms with E-state index in [4.69, 9.17) is 0 Å². The van der Waals surface area contributed by atoms with E-state index in [9.17, 15) is 9.18 Å². The second-order valence-corrected chi connectivity index (χ2v) is 5.21. The van der Waals surface area contributed by atoms with Gasteiger partial charge in [-0.2, -0.15) is 0 Å². The number of imidazole rings is 1. The molecule has 0 bridgehead atoms. The summed E-state index contributed by atoms with van der Waals surface area (Å²) < 4.78 is 16.0. The Morgan fingerprint density at radius 1 is 1.40 bits per heavy atom. The van der Waals surface area contributed by atoms with Crippen molar-refractivity contribution in [2.45, 2.75) is 19.4 Å². The van der Waals surface area contributed by atoms with Crippen molar-refractivity contribution in [3.63, 3.8) is 0 Å². The molecule has 0 spiro atoms. The number of hydrogen-bond donors (Lipinski definition) is 1. The van der Waals surface area contributed by atoms with Crippen molar-refractivity contribution in [2.24, 2.45) is 0 Å². The van der Waals surface area contributed by atoms with Crippen LogP contribution in [0.3, 0.4) is 0 Å². The van der Waals surface area contributed by atoms with Crippen LogP contribution in [0.5, 0.6) is 0 Å². The molecule has 4 nitrogen and oxygen atoms in total. The summed E-state index contributed by atoms with van der Waals surface area (Å²) in [5, 5.41) is 2.73. The van der Waals surface area contributed by atoms with Crippen molar-refractivity contribution in [3.8, 4) is 0 Å². The van der Waals surface area contributed by atoms with E-state index in [0.29, 0.717) is 11.0 Å². The summed E-state index contributed by atoms with van der Waals surface area (Å²) in [4.78, 5) is 15.8. The summed E-state index contributed by atoms with van der Waals surface area (Å²) in [5.74, 6) is -0.909. The molecule has 20 heavy (non-hydrogen) atoms. The zero-order valence-corrected chi connectivity index (χ0v) is 12.4. The molecule has 2 aromatic rings. The van der Waals surface area contributed by atoms with Crippen LogP contribution in [0.15, 0.2) is 41.4 Å². The van der Waals surface area contributed by atoms with E-state index >= 15 is 0 Å². The molecule has 0 saturated carbocycles. The lowest BCUT2D eigenvalue weighted by Gasteiger charge is -2.08. The molecule has 1 N–H and O–H groups in total. The monoisotopic (exact) mass is 339 g/mol. The van der Waals surface area contributed by atoms with E-state index in [0.717, 1.165) is 19.4 Å². The van der Waals surface area contributed by atoms with Gasteiger partial charge in [-0.25, -0.2) is 9.37 Å². The van der Waals surface area contributed by atoms with Gasteiger partial charge in [-0.1, -0.05) is 6.07 Å². The van der Waals surface area contributed by atoms with Crippen LogP contribution in [0, 0.1) is 5.82 Å². The van der Waals surface area contributed by atoms with E-state index in [-0.39, 0.29) is 5.56 Å². The number of carbonyl (C=O) groups excluding carboxylic acids is 1. The maximum Gasteiger partial charge on any atom is 0.255 e. The minimum Gasteiger partial charge on any atom is -0.352 e. The molecule has 2 rings (SSSR count). The first-order valence-electron chi connectivity index (χ1n) is 6.36. The fourth-order valence-corrected chi connectivity index (χ4v) is 2.37. The topological polar surface area (TPSA) is 46.9 Å². The molecule has 1 heterocycles. The number of nitrogens with one attached hydrogen (secondary N) is 1. The van der Waals surface area contributed by atoms with Crippen molar-refractivity contribution in [1.82, 2.24) is 14.9 Å². The third-order valence-electron chi connectivity index (χ3n) is 2.88. The standard InChI is InChI=1S/C14H15BrFN3O/c15-11-4-3-5-12(16)13(11)14(20)18-6-1-2-8-19-9-7-17-10-19/h3-5,7,9-10H,1-2,6,8H2,(H,18,20). The number of amides is 1. The summed E-state index contributed by atoms with van der Waals surface area (Å²) >= 11 is 3.19. The molecule has 1 aromatic carbocycles. The molecule has 0 aliphatic heterocycles. The molecule has 0 unspecified atom stereocenters. The average Bonchev–Trinajstić information content (AvgIpc) is 2.91. The van der Waals surface area contributed by atoms with Crippen LogP contribution < -0.4 is 5.32 Å². The first-order chi connectivity index (χ1) is 9.68. The highest BCUT2D eigenvalue weighted by atomic mass is 79.9. The lowest BCUT2D eigenvalue weighted by molar-refractivity contribution is 0.0948. The minimum atomic E-state index is -0.518. The number of halogens is 2. The first-order valence-corrected chi connectivity index (χ1v) is 7.16. The Labute approximate surface area is 125 Å². The van der Waals surface area contributed by atoms with Crippen LogP contribution in [0.25, 0.3) is 0 Å². The summed E-state index contributed by atoms with van der Waals surface area (Å²) in [6.07, 6.45) is 7.15. The lowest BCUT2D eigenvalue weighted by atomic mass is 10.2. The van der Waals surface area contributed by atoms with E-state index < -0.39 is 11.7 Å². The van der Waals surface area contributed by atoms with Crippen LogP contribution in [-0.2, 0) is 6.54 Å². The van der Waals surface area contributed by atoms with E-state index in [1.807, 2.05) is 10.8 Å². The van der Waals surface area contributed by atoms with E-state index in [1.54, 1.807) is 24.7 Å². The Morgan fingerprint density at radius 3 is 2.95 bits per heavy atom. The predicted octanol–water partition coefficient (Wildman–Crippen LogP) is 2.99. The highest BCUT2D eigenvalue weighted by Crippen LogP contribution is 2.19. The second kappa shape index (κ2) is 7.19. The number of unbranched alkanes of at least 4 members (excludes halogenated alkanes) is 1. The third-order valence-corrected chi connectivity index (χ3v) is 3.54. The second-order valence-electron chi connectivity index (χ2n) is 4.36. The lowest BCUT2D eigenvalue weighted by Crippen LogP contribution is -2.26. The van der Waals surface area contributed by atoms with Crippen LogP contribution in [0.2, 0.25) is 0 Å². The number of aryl methyl sites for hydroxylation is 1. The normalized spacial score (nSPS) is 10.5. The molecule has 0 radical (unpaired) electrons. The zero-order valence-electron chi connectivity index (χ0n) is 10.9. The molecule has 106 valence electrons. The Balaban J connectivity index is 1.75. The van der Waals surface area contributed by atoms with Crippen LogP contribution in [-0.4, -0.2) is 22.0 Å². The van der Waals surface area contributed by atoms with Crippen LogP contribution in [0.4, 0.5) is 4.39 Å². The molecule has 0 aliphatic rings. The van der Waals surface area contributed by atoms with Gasteiger partial charge in [0.1, 0.15) is 5.82 Å². The fourth-order valence-electron chi connectivity index (χ4n) is 1.84. The number of aromatic nitrogens is 2. The maximum absolute atomic E-state index is 13.6. The van der Waals surface area contributed by atoms with Crippen molar-refractivity contribution in [3.05, 3.63) is 52.8 Å². The van der Waals surface area contributed by atoms with Crippen LogP contribution in [0.1, 0.15) is 23.2 Å². The average molecular weight is 340 g/mol. The number of carbonyl (C=O) groups is 1. The smallest absolute Gasteiger partial charge is 0.255 e. The number of hydrogen-bond acceptors (Lipinski definition) is 2. The van der Waals surface area contributed by atoms with Crippen molar-refractivity contribution in [2.75, 3.05) is 6.54 Å². The van der Waals surface area contributed by atoms with E-state index in [2.05, 4.69) is 26.2 Å². The third kappa shape index (κ3) is 3.90. The molecule has 6 heteroatoms. The number of nitrogens with zero attached hydrogens (tertiary/aromatic N) is 2. The van der Waals surface area contributed by atoms with Gasteiger partial charge in [0.15, 0.2) is 0 Å². The molecule has 0 atom stereocenters. The van der Waals surface area contributed by atoms with Gasteiger partial charge in [-0.05, 0) is 40.9 Å². The van der Waals surface area contributed by atoms with Gasteiger partial charge < -0.3 is 9.88 Å². The summed E-state index contributed by atoms with van der Waals surface area (Å²) in [6, 6.07) is 4.48. The fraction of sp³-hybridized carbons (Fsp3) is 0.286. The van der Waals surface area contributed by atoms with Gasteiger partial charge in [-0.15, -0.1) is 0 Å². The largest absolute Gasteiger partial charge is 0.352 e. The molecular formula is C14H15BrFN3O. The molecule has 0 aliphatic carbocycles. The number of rotatable bonds is 6. The summed E-state index contributed by atoms with van der Waals surface area (Å²) in [7, 11) is 0. The van der Waals surface area contributed by atoms with Gasteiger partial charge in [0, 0.05) is 30.0 Å². The Bertz CT molecular complexity index is 552. The quantitative estimate of drug-likeness (QED) is 0.822. The molecule has 1 amide bonds. The van der Waals surface area contributed by atoms with Crippen molar-refractivity contribution >= 4 is 21.8 Å². The molecule has 0 fully saturated rings. The van der Waals surface area contributed by atoms with E-state index in [1.165, 1.54) is 6.07 Å². The summed E-state index contributed by atoms with van der Waals surface area (Å²) in [5.41, 5.74) is 0.0575. The van der Waals surface area contributed by atoms with Crippen LogP contribution >= 0.6 is 15.9 Å². The minimum absolute atomic E-state index is 0.0575. The highest BCUT2D eigenvalue weighted by molar-refractivity contribution is 9.10. The van der Waals surface area contributed by atoms with Gasteiger partial charge >= 0.3 is 0 Å². The van der Waals surface area contributed by atoms with Crippen molar-refractivity contribution in [1.29, 1.82) is 0 Å².